The molecule has 0 radical (unpaired) electrons. The fraction of sp³-hybridized carbons (Fsp3) is 0.385. The van der Waals surface area contributed by atoms with Crippen LogP contribution < -0.4 is 0 Å². The van der Waals surface area contributed by atoms with Crippen LogP contribution >= 0.6 is 0 Å². The van der Waals surface area contributed by atoms with E-state index in [0.29, 0.717) is 5.92 Å². The molecule has 3 aliphatic rings. The highest BCUT2D eigenvalue weighted by atomic mass is 16.5. The standard InChI is InChI=1S/C26H27N3O2/c30-26-25-14-20(13-18-4-8-22(9-5-18)29-11-2-10-27-29)24(19-6-7-19)15-21(25)16-28(26)17-23-3-1-12-31-23/h2,4-5,8-11,14-15,19,23H,1,3,6-7,12-13,16-17H2. The number of hydrogen-bond donors (Lipinski definition) is 0. The lowest BCUT2D eigenvalue weighted by molar-refractivity contribution is 0.0545. The van der Waals surface area contributed by atoms with Gasteiger partial charge < -0.3 is 9.64 Å². The zero-order chi connectivity index (χ0) is 20.8. The summed E-state index contributed by atoms with van der Waals surface area (Å²) in [6, 6.07) is 15.0. The zero-order valence-electron chi connectivity index (χ0n) is 17.7. The molecule has 6 rings (SSSR count). The summed E-state index contributed by atoms with van der Waals surface area (Å²) in [7, 11) is 0. The van der Waals surface area contributed by atoms with Crippen LogP contribution in [0, 0.1) is 0 Å². The van der Waals surface area contributed by atoms with Crippen molar-refractivity contribution < 1.29 is 9.53 Å². The average Bonchev–Trinajstić information content (AvgIpc) is 3.15. The third-order valence-electron chi connectivity index (χ3n) is 6.81. The van der Waals surface area contributed by atoms with Gasteiger partial charge in [-0.25, -0.2) is 4.68 Å². The maximum absolute atomic E-state index is 13.1. The predicted octanol–water partition coefficient (Wildman–Crippen LogP) is 4.48. The third-order valence-corrected chi connectivity index (χ3v) is 6.81. The number of carbonyl (C=O) groups is 1. The number of aromatic nitrogens is 2. The number of ether oxygens (including phenoxy) is 1. The first-order valence-electron chi connectivity index (χ1n) is 11.4. The monoisotopic (exact) mass is 413 g/mol. The second kappa shape index (κ2) is 7.65. The normalized spacial score (nSPS) is 20.5. The van der Waals surface area contributed by atoms with Crippen molar-refractivity contribution in [1.82, 2.24) is 14.7 Å². The van der Waals surface area contributed by atoms with Crippen molar-refractivity contribution in [3.63, 3.8) is 0 Å². The van der Waals surface area contributed by atoms with Gasteiger partial charge in [-0.2, -0.15) is 5.10 Å². The lowest BCUT2D eigenvalue weighted by Gasteiger charge is -2.19. The van der Waals surface area contributed by atoms with Crippen LogP contribution in [0.2, 0.25) is 0 Å². The van der Waals surface area contributed by atoms with Crippen LogP contribution in [0.5, 0.6) is 0 Å². The van der Waals surface area contributed by atoms with Crippen LogP contribution in [0.3, 0.4) is 0 Å². The minimum Gasteiger partial charge on any atom is -0.376 e. The molecule has 1 saturated heterocycles. The Bertz CT molecular complexity index is 1090. The van der Waals surface area contributed by atoms with E-state index in [1.807, 2.05) is 21.8 Å². The van der Waals surface area contributed by atoms with Crippen LogP contribution in [-0.4, -0.2) is 39.8 Å². The van der Waals surface area contributed by atoms with E-state index >= 15 is 0 Å². The highest BCUT2D eigenvalue weighted by Gasteiger charge is 2.34. The van der Waals surface area contributed by atoms with Crippen LogP contribution in [0.1, 0.15) is 64.2 Å². The smallest absolute Gasteiger partial charge is 0.254 e. The lowest BCUT2D eigenvalue weighted by Crippen LogP contribution is -2.32. The molecule has 158 valence electrons. The molecular weight excluding hydrogens is 386 g/mol. The summed E-state index contributed by atoms with van der Waals surface area (Å²) in [5.41, 5.74) is 7.17. The van der Waals surface area contributed by atoms with Crippen LogP contribution in [0.4, 0.5) is 0 Å². The molecule has 3 aromatic rings. The van der Waals surface area contributed by atoms with Crippen LogP contribution in [0.25, 0.3) is 5.69 Å². The van der Waals surface area contributed by atoms with Gasteiger partial charge in [0.05, 0.1) is 11.8 Å². The van der Waals surface area contributed by atoms with Gasteiger partial charge in [0.15, 0.2) is 0 Å². The van der Waals surface area contributed by atoms with Crippen molar-refractivity contribution in [3.05, 3.63) is 82.7 Å². The van der Waals surface area contributed by atoms with Gasteiger partial charge in [-0.05, 0) is 84.5 Å². The average molecular weight is 414 g/mol. The zero-order valence-corrected chi connectivity index (χ0v) is 17.7. The van der Waals surface area contributed by atoms with E-state index in [2.05, 4.69) is 41.5 Å². The van der Waals surface area contributed by atoms with Crippen molar-refractivity contribution in [2.75, 3.05) is 13.2 Å². The first-order valence-corrected chi connectivity index (χ1v) is 11.4. The third kappa shape index (κ3) is 3.68. The summed E-state index contributed by atoms with van der Waals surface area (Å²) < 4.78 is 7.64. The Balaban J connectivity index is 1.26. The van der Waals surface area contributed by atoms with Crippen LogP contribution in [-0.2, 0) is 17.7 Å². The summed E-state index contributed by atoms with van der Waals surface area (Å²) in [6.45, 7) is 2.28. The first-order chi connectivity index (χ1) is 15.2. The maximum atomic E-state index is 13.1. The van der Waals surface area contributed by atoms with Gasteiger partial charge in [-0.3, -0.25) is 4.79 Å². The Labute approximate surface area is 182 Å². The van der Waals surface area contributed by atoms with Gasteiger partial charge in [-0.15, -0.1) is 0 Å². The molecule has 1 amide bonds. The Morgan fingerprint density at radius 2 is 1.97 bits per heavy atom. The van der Waals surface area contributed by atoms with E-state index in [1.54, 1.807) is 6.20 Å². The molecule has 2 aliphatic heterocycles. The Hall–Kier alpha value is -2.92. The summed E-state index contributed by atoms with van der Waals surface area (Å²) in [4.78, 5) is 15.1. The van der Waals surface area contributed by atoms with Crippen molar-refractivity contribution in [2.45, 2.75) is 50.7 Å². The molecular formula is C26H27N3O2. The van der Waals surface area contributed by atoms with E-state index in [9.17, 15) is 4.79 Å². The molecule has 1 aliphatic carbocycles. The number of benzene rings is 2. The maximum Gasteiger partial charge on any atom is 0.254 e. The van der Waals surface area contributed by atoms with Gasteiger partial charge in [0, 0.05) is 37.7 Å². The molecule has 0 N–H and O–H groups in total. The van der Waals surface area contributed by atoms with Crippen molar-refractivity contribution in [1.29, 1.82) is 0 Å². The highest BCUT2D eigenvalue weighted by molar-refractivity contribution is 5.98. The summed E-state index contributed by atoms with van der Waals surface area (Å²) in [5.74, 6) is 0.828. The molecule has 0 bridgehead atoms. The van der Waals surface area contributed by atoms with Gasteiger partial charge in [0.1, 0.15) is 0 Å². The molecule has 0 spiro atoms. The molecule has 2 aromatic carbocycles. The largest absolute Gasteiger partial charge is 0.376 e. The Kier molecular flexibility index (Phi) is 4.64. The summed E-state index contributed by atoms with van der Waals surface area (Å²) in [5, 5.41) is 4.30. The fourth-order valence-corrected chi connectivity index (χ4v) is 5.00. The first kappa shape index (κ1) is 18.8. The number of amides is 1. The van der Waals surface area contributed by atoms with E-state index in [4.69, 9.17) is 4.74 Å². The minimum atomic E-state index is 0.170. The molecule has 5 heteroatoms. The van der Waals surface area contributed by atoms with E-state index < -0.39 is 0 Å². The SMILES string of the molecule is O=C1c2cc(Cc3ccc(-n4cccn4)cc3)c(C3CC3)cc2CN1CC1CCCO1. The second-order valence-electron chi connectivity index (χ2n) is 9.10. The van der Waals surface area contributed by atoms with Crippen molar-refractivity contribution in [2.24, 2.45) is 0 Å². The number of rotatable bonds is 6. The van der Waals surface area contributed by atoms with E-state index in [1.165, 1.54) is 35.1 Å². The molecule has 3 heterocycles. The van der Waals surface area contributed by atoms with Crippen LogP contribution in [0.15, 0.2) is 54.9 Å². The van der Waals surface area contributed by atoms with E-state index in [0.717, 1.165) is 50.2 Å². The van der Waals surface area contributed by atoms with Gasteiger partial charge in [0.2, 0.25) is 0 Å². The second-order valence-corrected chi connectivity index (χ2v) is 9.10. The van der Waals surface area contributed by atoms with Crippen molar-refractivity contribution >= 4 is 5.91 Å². The highest BCUT2D eigenvalue weighted by Crippen LogP contribution is 2.44. The fourth-order valence-electron chi connectivity index (χ4n) is 5.00. The number of nitrogens with zero attached hydrogens (tertiary/aromatic N) is 3. The molecule has 31 heavy (non-hydrogen) atoms. The molecule has 2 fully saturated rings. The predicted molar refractivity (Wildman–Crippen MR) is 119 cm³/mol. The molecule has 1 atom stereocenters. The Morgan fingerprint density at radius 3 is 2.68 bits per heavy atom. The van der Waals surface area contributed by atoms with Crippen molar-refractivity contribution in [3.8, 4) is 5.69 Å². The summed E-state index contributed by atoms with van der Waals surface area (Å²) >= 11 is 0. The topological polar surface area (TPSA) is 47.4 Å². The number of carbonyl (C=O) groups excluding carboxylic acids is 1. The quantitative estimate of drug-likeness (QED) is 0.599. The number of hydrogen-bond acceptors (Lipinski definition) is 3. The Morgan fingerprint density at radius 1 is 1.10 bits per heavy atom. The van der Waals surface area contributed by atoms with E-state index in [-0.39, 0.29) is 12.0 Å². The van der Waals surface area contributed by atoms with Gasteiger partial charge >= 0.3 is 0 Å². The molecule has 1 aromatic heterocycles. The number of fused-ring (bicyclic) bond motifs is 1. The summed E-state index contributed by atoms with van der Waals surface area (Å²) in [6.07, 6.45) is 9.50. The van der Waals surface area contributed by atoms with Gasteiger partial charge in [-0.1, -0.05) is 18.2 Å². The molecule has 5 nitrogen and oxygen atoms in total. The minimum absolute atomic E-state index is 0.170. The van der Waals surface area contributed by atoms with Gasteiger partial charge in [0.25, 0.3) is 5.91 Å². The molecule has 1 saturated carbocycles. The molecule has 1 unspecified atom stereocenters. The lowest BCUT2D eigenvalue weighted by atomic mass is 9.92.